The summed E-state index contributed by atoms with van der Waals surface area (Å²) in [4.78, 5) is 13.8. The molecule has 2 unspecified atom stereocenters. The number of rotatable bonds is 4. The molecule has 31 heavy (non-hydrogen) atoms. The van der Waals surface area contributed by atoms with Crippen LogP contribution in [0.5, 0.6) is 5.88 Å². The molecular weight excluding hydrogens is 395 g/mol. The number of pyridine rings is 1. The highest BCUT2D eigenvalue weighted by atomic mass is 19.1. The van der Waals surface area contributed by atoms with E-state index in [2.05, 4.69) is 16.9 Å². The van der Waals surface area contributed by atoms with E-state index in [0.717, 1.165) is 35.7 Å². The standard InChI is InChI=1S/C23H23FN6O/c1-14-10-11-30-22(20(14)16-4-6-17(24)7-5-16)27-21(28-30)18-8-9-19(23(26-18)31-3)29-12-15(2)25-13-29/h4-9,12-14,20H,10-11H2,1-3H3. The van der Waals surface area contributed by atoms with E-state index < -0.39 is 0 Å². The minimum absolute atomic E-state index is 0.0608. The van der Waals surface area contributed by atoms with E-state index in [1.165, 1.54) is 12.1 Å². The summed E-state index contributed by atoms with van der Waals surface area (Å²) >= 11 is 0. The van der Waals surface area contributed by atoms with Crippen LogP contribution in [-0.4, -0.2) is 36.4 Å². The summed E-state index contributed by atoms with van der Waals surface area (Å²) in [6.45, 7) is 4.93. The average Bonchev–Trinajstić information content (AvgIpc) is 3.40. The van der Waals surface area contributed by atoms with Crippen molar-refractivity contribution < 1.29 is 9.13 Å². The second-order valence-electron chi connectivity index (χ2n) is 7.96. The highest BCUT2D eigenvalue weighted by Crippen LogP contribution is 2.37. The number of aromatic nitrogens is 6. The smallest absolute Gasteiger partial charge is 0.238 e. The van der Waals surface area contributed by atoms with Crippen molar-refractivity contribution in [2.24, 2.45) is 5.92 Å². The number of nitrogens with zero attached hydrogens (tertiary/aromatic N) is 6. The van der Waals surface area contributed by atoms with Gasteiger partial charge in [-0.1, -0.05) is 19.1 Å². The van der Waals surface area contributed by atoms with Crippen molar-refractivity contribution in [2.45, 2.75) is 32.7 Å². The van der Waals surface area contributed by atoms with Gasteiger partial charge in [0.25, 0.3) is 0 Å². The van der Waals surface area contributed by atoms with Crippen molar-refractivity contribution in [3.63, 3.8) is 0 Å². The molecule has 3 aromatic heterocycles. The zero-order valence-corrected chi connectivity index (χ0v) is 17.7. The van der Waals surface area contributed by atoms with Gasteiger partial charge < -0.3 is 9.30 Å². The Kier molecular flexibility index (Phi) is 4.77. The van der Waals surface area contributed by atoms with Gasteiger partial charge in [0.05, 0.1) is 19.1 Å². The van der Waals surface area contributed by atoms with Gasteiger partial charge in [0.2, 0.25) is 5.88 Å². The largest absolute Gasteiger partial charge is 0.479 e. The van der Waals surface area contributed by atoms with Gasteiger partial charge in [-0.2, -0.15) is 0 Å². The number of imidazole rings is 1. The fraction of sp³-hybridized carbons (Fsp3) is 0.304. The monoisotopic (exact) mass is 418 g/mol. The molecule has 0 N–H and O–H groups in total. The van der Waals surface area contributed by atoms with Crippen LogP contribution >= 0.6 is 0 Å². The Bertz CT molecular complexity index is 1230. The third kappa shape index (κ3) is 3.48. The zero-order valence-electron chi connectivity index (χ0n) is 17.7. The predicted molar refractivity (Wildman–Crippen MR) is 114 cm³/mol. The number of methoxy groups -OCH3 is 1. The van der Waals surface area contributed by atoms with Crippen molar-refractivity contribution in [1.82, 2.24) is 29.3 Å². The van der Waals surface area contributed by atoms with Gasteiger partial charge in [0.15, 0.2) is 5.82 Å². The topological polar surface area (TPSA) is 70.7 Å². The number of halogens is 1. The Morgan fingerprint density at radius 3 is 2.61 bits per heavy atom. The molecule has 0 aliphatic carbocycles. The summed E-state index contributed by atoms with van der Waals surface area (Å²) in [6.07, 6.45) is 4.63. The van der Waals surface area contributed by atoms with Crippen LogP contribution in [-0.2, 0) is 6.54 Å². The number of ether oxygens (including phenoxy) is 1. The Morgan fingerprint density at radius 1 is 1.10 bits per heavy atom. The minimum Gasteiger partial charge on any atom is -0.479 e. The van der Waals surface area contributed by atoms with Crippen molar-refractivity contribution in [1.29, 1.82) is 0 Å². The summed E-state index contributed by atoms with van der Waals surface area (Å²) in [5.74, 6) is 2.12. The first-order valence-electron chi connectivity index (χ1n) is 10.3. The van der Waals surface area contributed by atoms with Crippen LogP contribution in [0, 0.1) is 18.7 Å². The van der Waals surface area contributed by atoms with E-state index >= 15 is 0 Å². The summed E-state index contributed by atoms with van der Waals surface area (Å²) in [5.41, 5.74) is 3.40. The lowest BCUT2D eigenvalue weighted by atomic mass is 9.82. The molecule has 0 spiro atoms. The van der Waals surface area contributed by atoms with Crippen molar-refractivity contribution in [3.05, 3.63) is 71.8 Å². The maximum absolute atomic E-state index is 13.4. The Morgan fingerprint density at radius 2 is 1.90 bits per heavy atom. The maximum atomic E-state index is 13.4. The molecule has 1 aromatic carbocycles. The van der Waals surface area contributed by atoms with E-state index in [1.807, 2.05) is 46.6 Å². The van der Waals surface area contributed by atoms with Gasteiger partial charge in [-0.05, 0) is 49.1 Å². The van der Waals surface area contributed by atoms with E-state index in [-0.39, 0.29) is 11.7 Å². The molecule has 0 radical (unpaired) electrons. The summed E-state index contributed by atoms with van der Waals surface area (Å²) in [5, 5.41) is 4.72. The molecule has 7 nitrogen and oxygen atoms in total. The van der Waals surface area contributed by atoms with Gasteiger partial charge in [-0.25, -0.2) is 24.0 Å². The van der Waals surface area contributed by atoms with Crippen LogP contribution < -0.4 is 4.74 Å². The highest BCUT2D eigenvalue weighted by Gasteiger charge is 2.32. The quantitative estimate of drug-likeness (QED) is 0.498. The molecule has 4 heterocycles. The number of benzene rings is 1. The lowest BCUT2D eigenvalue weighted by Gasteiger charge is -2.28. The number of fused-ring (bicyclic) bond motifs is 1. The molecule has 8 heteroatoms. The van der Waals surface area contributed by atoms with E-state index in [0.29, 0.717) is 23.3 Å². The Balaban J connectivity index is 1.54. The molecule has 4 aromatic rings. The van der Waals surface area contributed by atoms with Crippen LogP contribution in [0.25, 0.3) is 17.2 Å². The van der Waals surface area contributed by atoms with Crippen LogP contribution in [0.2, 0.25) is 0 Å². The molecule has 0 bridgehead atoms. The van der Waals surface area contributed by atoms with Gasteiger partial charge >= 0.3 is 0 Å². The summed E-state index contributed by atoms with van der Waals surface area (Å²) < 4.78 is 22.8. The molecule has 0 saturated heterocycles. The van der Waals surface area contributed by atoms with Gasteiger partial charge in [-0.3, -0.25) is 0 Å². The van der Waals surface area contributed by atoms with Crippen molar-refractivity contribution in [2.75, 3.05) is 7.11 Å². The van der Waals surface area contributed by atoms with Crippen LogP contribution in [0.4, 0.5) is 4.39 Å². The minimum atomic E-state index is -0.237. The summed E-state index contributed by atoms with van der Waals surface area (Å²) in [6, 6.07) is 10.5. The molecule has 158 valence electrons. The Labute approximate surface area is 179 Å². The second-order valence-corrected chi connectivity index (χ2v) is 7.96. The van der Waals surface area contributed by atoms with Gasteiger partial charge in [-0.15, -0.1) is 5.10 Å². The normalized spacial score (nSPS) is 18.1. The van der Waals surface area contributed by atoms with Crippen LogP contribution in [0.3, 0.4) is 0 Å². The van der Waals surface area contributed by atoms with Crippen LogP contribution in [0.1, 0.15) is 36.3 Å². The fourth-order valence-electron chi connectivity index (χ4n) is 4.21. The third-order valence-corrected chi connectivity index (χ3v) is 5.83. The van der Waals surface area contributed by atoms with E-state index in [4.69, 9.17) is 14.8 Å². The molecule has 0 amide bonds. The van der Waals surface area contributed by atoms with Crippen molar-refractivity contribution >= 4 is 0 Å². The van der Waals surface area contributed by atoms with Crippen LogP contribution in [0.15, 0.2) is 48.9 Å². The average molecular weight is 418 g/mol. The molecule has 1 aliphatic rings. The first-order valence-corrected chi connectivity index (χ1v) is 10.3. The number of hydrogen-bond donors (Lipinski definition) is 0. The molecule has 5 rings (SSSR count). The number of aryl methyl sites for hydroxylation is 2. The lowest BCUT2D eigenvalue weighted by molar-refractivity contribution is 0.347. The van der Waals surface area contributed by atoms with Gasteiger partial charge in [0.1, 0.15) is 23.0 Å². The second kappa shape index (κ2) is 7.61. The van der Waals surface area contributed by atoms with Gasteiger partial charge in [0, 0.05) is 18.7 Å². The molecule has 2 atom stereocenters. The highest BCUT2D eigenvalue weighted by molar-refractivity contribution is 5.55. The molecular formula is C23H23FN6O. The third-order valence-electron chi connectivity index (χ3n) is 5.83. The lowest BCUT2D eigenvalue weighted by Crippen LogP contribution is -2.24. The molecule has 1 aliphatic heterocycles. The SMILES string of the molecule is COc1nc(-c2nc3n(n2)CCC(C)C3c2ccc(F)cc2)ccc1-n1cnc(C)c1. The predicted octanol–water partition coefficient (Wildman–Crippen LogP) is 4.15. The maximum Gasteiger partial charge on any atom is 0.238 e. The first-order chi connectivity index (χ1) is 15.0. The van der Waals surface area contributed by atoms with E-state index in [1.54, 1.807) is 13.4 Å². The molecule has 0 saturated carbocycles. The molecule has 0 fully saturated rings. The zero-order chi connectivity index (χ0) is 21.5. The number of hydrogen-bond acceptors (Lipinski definition) is 5. The van der Waals surface area contributed by atoms with E-state index in [9.17, 15) is 4.39 Å². The Hall–Kier alpha value is -3.55. The summed E-state index contributed by atoms with van der Waals surface area (Å²) in [7, 11) is 1.59. The van der Waals surface area contributed by atoms with Crippen molar-refractivity contribution in [3.8, 4) is 23.1 Å². The fourth-order valence-corrected chi connectivity index (χ4v) is 4.21. The first kappa shape index (κ1) is 19.4.